The lowest BCUT2D eigenvalue weighted by Gasteiger charge is -2.15. The largest absolute Gasteiger partial charge is 0.416 e. The van der Waals surface area contributed by atoms with Crippen molar-refractivity contribution >= 4 is 96.5 Å². The van der Waals surface area contributed by atoms with Crippen LogP contribution in [-0.2, 0) is 16.0 Å². The summed E-state index contributed by atoms with van der Waals surface area (Å²) < 4.78 is 66.2. The number of rotatable bonds is 7. The quantitative estimate of drug-likeness (QED) is 0.0640. The first kappa shape index (κ1) is 33.9. The van der Waals surface area contributed by atoms with Gasteiger partial charge in [0.05, 0.1) is 62.1 Å². The van der Waals surface area contributed by atoms with Gasteiger partial charge in [0.25, 0.3) is 23.2 Å². The molecule has 0 saturated heterocycles. The summed E-state index contributed by atoms with van der Waals surface area (Å²) in [5.41, 5.74) is -5.70. The van der Waals surface area contributed by atoms with Gasteiger partial charge in [-0.05, 0) is 48.5 Å². The number of hydrogen-bond acceptors (Lipinski definition) is 9. The van der Waals surface area contributed by atoms with Crippen LogP contribution in [0.2, 0.25) is 20.1 Å². The average molecular weight is 750 g/mol. The Kier molecular flexibility index (Phi) is 8.61. The number of anilines is 3. The average Bonchev–Trinajstić information content (AvgIpc) is 3.27. The minimum atomic E-state index is -5.11. The van der Waals surface area contributed by atoms with Crippen molar-refractivity contribution in [3.05, 3.63) is 118 Å². The van der Waals surface area contributed by atoms with E-state index < -0.39 is 60.3 Å². The van der Waals surface area contributed by atoms with Crippen molar-refractivity contribution in [2.24, 2.45) is 0 Å². The van der Waals surface area contributed by atoms with Crippen LogP contribution in [0.4, 0.5) is 41.6 Å². The third kappa shape index (κ3) is 5.82. The van der Waals surface area contributed by atoms with Crippen LogP contribution < -0.4 is 10.2 Å². The highest BCUT2D eigenvalue weighted by molar-refractivity contribution is 7.91. The van der Waals surface area contributed by atoms with Gasteiger partial charge in [-0.15, -0.1) is 0 Å². The molecular formula is C27H11Cl4F3N4O8S. The van der Waals surface area contributed by atoms with Gasteiger partial charge >= 0.3 is 6.18 Å². The Morgan fingerprint density at radius 2 is 1.11 bits per heavy atom. The molecule has 0 radical (unpaired) electrons. The zero-order valence-electron chi connectivity index (χ0n) is 22.4. The first-order valence-corrected chi connectivity index (χ1v) is 15.4. The molecule has 1 aliphatic heterocycles. The molecule has 0 fully saturated rings. The number of nitrogens with one attached hydrogen (secondary N) is 1. The molecule has 1 heterocycles. The molecule has 1 aliphatic rings. The van der Waals surface area contributed by atoms with Crippen molar-refractivity contribution in [2.75, 3.05) is 10.2 Å². The number of halogens is 7. The van der Waals surface area contributed by atoms with Gasteiger partial charge in [-0.1, -0.05) is 46.4 Å². The maximum atomic E-state index is 13.3. The molecular weight excluding hydrogens is 739 g/mol. The fourth-order valence-corrected chi connectivity index (χ4v) is 6.82. The molecule has 2 amide bonds. The zero-order chi connectivity index (χ0) is 34.7. The van der Waals surface area contributed by atoms with Crippen LogP contribution in [0.5, 0.6) is 0 Å². The lowest BCUT2D eigenvalue weighted by atomic mass is 10.1. The van der Waals surface area contributed by atoms with Crippen LogP contribution in [0, 0.1) is 20.2 Å². The highest BCUT2D eigenvalue weighted by Crippen LogP contribution is 2.46. The number of hydrogen-bond donors (Lipinski definition) is 1. The van der Waals surface area contributed by atoms with Crippen LogP contribution in [0.1, 0.15) is 26.3 Å². The Morgan fingerprint density at radius 3 is 1.49 bits per heavy atom. The highest BCUT2D eigenvalue weighted by atomic mass is 35.5. The van der Waals surface area contributed by atoms with E-state index in [0.29, 0.717) is 4.90 Å². The summed E-state index contributed by atoms with van der Waals surface area (Å²) in [7, 11) is -4.27. The fraction of sp³-hybridized carbons (Fsp3) is 0.0370. The second-order valence-electron chi connectivity index (χ2n) is 9.50. The third-order valence-electron chi connectivity index (χ3n) is 6.76. The number of nitro benzene ring substituents is 2. The molecule has 0 unspecified atom stereocenters. The number of carbonyl (C=O) groups is 2. The Hall–Kier alpha value is -4.48. The van der Waals surface area contributed by atoms with E-state index in [1.165, 1.54) is 12.1 Å². The summed E-state index contributed by atoms with van der Waals surface area (Å²) in [6.07, 6.45) is -5.11. The molecule has 242 valence electrons. The number of imide groups is 1. The van der Waals surface area contributed by atoms with Gasteiger partial charge in [0.1, 0.15) is 0 Å². The molecule has 1 N–H and O–H groups in total. The van der Waals surface area contributed by atoms with Gasteiger partial charge < -0.3 is 5.32 Å². The van der Waals surface area contributed by atoms with Crippen molar-refractivity contribution in [1.82, 2.24) is 0 Å². The van der Waals surface area contributed by atoms with Gasteiger partial charge in [0.2, 0.25) is 9.84 Å². The summed E-state index contributed by atoms with van der Waals surface area (Å²) >= 11 is 24.3. The lowest BCUT2D eigenvalue weighted by molar-refractivity contribution is -0.392. The predicted octanol–water partition coefficient (Wildman–Crippen LogP) is 8.51. The second kappa shape index (κ2) is 12.0. The van der Waals surface area contributed by atoms with Gasteiger partial charge in [-0.25, -0.2) is 13.3 Å². The summed E-state index contributed by atoms with van der Waals surface area (Å²) in [4.78, 5) is 46.8. The Morgan fingerprint density at radius 1 is 0.702 bits per heavy atom. The minimum absolute atomic E-state index is 0.0474. The summed E-state index contributed by atoms with van der Waals surface area (Å²) in [6.45, 7) is 0. The molecule has 0 aromatic heterocycles. The molecule has 20 heteroatoms. The van der Waals surface area contributed by atoms with Crippen LogP contribution in [0.3, 0.4) is 0 Å². The van der Waals surface area contributed by atoms with Crippen molar-refractivity contribution in [1.29, 1.82) is 0 Å². The zero-order valence-corrected chi connectivity index (χ0v) is 26.3. The van der Waals surface area contributed by atoms with Gasteiger partial charge in [-0.3, -0.25) is 29.8 Å². The van der Waals surface area contributed by atoms with Crippen molar-refractivity contribution in [2.45, 2.75) is 16.0 Å². The van der Waals surface area contributed by atoms with E-state index in [9.17, 15) is 51.4 Å². The molecule has 0 saturated carbocycles. The highest BCUT2D eigenvalue weighted by Gasteiger charge is 2.42. The smallest absolute Gasteiger partial charge is 0.344 e. The van der Waals surface area contributed by atoms with Crippen LogP contribution in [0.25, 0.3) is 0 Å². The fourth-order valence-electron chi connectivity index (χ4n) is 4.55. The van der Waals surface area contributed by atoms with E-state index in [1.807, 2.05) is 0 Å². The predicted molar refractivity (Wildman–Crippen MR) is 164 cm³/mol. The Bertz CT molecular complexity index is 2080. The van der Waals surface area contributed by atoms with E-state index in [0.717, 1.165) is 36.4 Å². The van der Waals surface area contributed by atoms with E-state index >= 15 is 0 Å². The molecule has 5 rings (SSSR count). The molecule has 12 nitrogen and oxygen atoms in total. The summed E-state index contributed by atoms with van der Waals surface area (Å²) in [6, 6.07) is 9.02. The first-order chi connectivity index (χ1) is 21.9. The van der Waals surface area contributed by atoms with Crippen molar-refractivity contribution in [3.8, 4) is 0 Å². The molecule has 47 heavy (non-hydrogen) atoms. The molecule has 0 bridgehead atoms. The number of nitro groups is 2. The molecule has 0 aliphatic carbocycles. The summed E-state index contributed by atoms with van der Waals surface area (Å²) in [5, 5.41) is 24.3. The third-order valence-corrected chi connectivity index (χ3v) is 10.3. The molecule has 0 atom stereocenters. The van der Waals surface area contributed by atoms with Crippen LogP contribution in [-0.4, -0.2) is 30.1 Å². The topological polar surface area (TPSA) is 170 Å². The molecule has 4 aromatic rings. The molecule has 0 spiro atoms. The Balaban J connectivity index is 1.43. The van der Waals surface area contributed by atoms with E-state index in [4.69, 9.17) is 46.4 Å². The first-order valence-electron chi connectivity index (χ1n) is 12.4. The number of fused-ring (bicyclic) bond motifs is 1. The van der Waals surface area contributed by atoms with Crippen molar-refractivity contribution in [3.63, 3.8) is 0 Å². The molecule has 4 aromatic carbocycles. The van der Waals surface area contributed by atoms with Gasteiger partial charge in [-0.2, -0.15) is 13.2 Å². The number of sulfone groups is 1. The number of carbonyl (C=O) groups excluding carboxylic acids is 2. The number of amides is 2. The SMILES string of the molecule is O=C1c2c(Cl)c(Cl)c(Cl)c(Cl)c2C(=O)N1c1ccc(S(=O)(=O)c2ccc(Nc3c([N+](=O)[O-])cc(C(F)(F)F)cc3[N+](=O)[O-])cc2)cc1. The standard InChI is InChI=1S/C27H11Cl4F3N4O8S/c28-20-18-19(21(29)23(31)22(20)30)26(40)36(25(18)39)13-3-7-15(8-4-13)47(45,46)14-5-1-12(2-6-14)35-24-16(37(41)42)9-11(27(32,33)34)10-17(24)38(43)44/h1-10,35H. The number of nitrogens with zero attached hydrogens (tertiary/aromatic N) is 3. The summed E-state index contributed by atoms with van der Waals surface area (Å²) in [5.74, 6) is -1.77. The minimum Gasteiger partial charge on any atom is -0.344 e. The van der Waals surface area contributed by atoms with Crippen molar-refractivity contribution < 1.29 is 41.0 Å². The van der Waals surface area contributed by atoms with E-state index in [2.05, 4.69) is 5.32 Å². The maximum Gasteiger partial charge on any atom is 0.416 e. The second-order valence-corrected chi connectivity index (χ2v) is 13.0. The maximum absolute atomic E-state index is 13.3. The lowest BCUT2D eigenvalue weighted by Crippen LogP contribution is -2.29. The van der Waals surface area contributed by atoms with Gasteiger partial charge in [0, 0.05) is 17.8 Å². The Labute approximate surface area is 280 Å². The van der Waals surface area contributed by atoms with Gasteiger partial charge in [0.15, 0.2) is 5.69 Å². The number of benzene rings is 4. The monoisotopic (exact) mass is 748 g/mol. The van der Waals surface area contributed by atoms with Crippen LogP contribution in [0.15, 0.2) is 70.5 Å². The van der Waals surface area contributed by atoms with Crippen LogP contribution >= 0.6 is 46.4 Å². The normalized spacial score (nSPS) is 13.1. The van der Waals surface area contributed by atoms with E-state index in [-0.39, 0.29) is 64.5 Å². The number of alkyl halides is 3. The van der Waals surface area contributed by atoms with E-state index in [1.54, 1.807) is 0 Å².